The fourth-order valence-electron chi connectivity index (χ4n) is 4.96. The quantitative estimate of drug-likeness (QED) is 0.333. The molecule has 3 atom stereocenters. The molecule has 1 saturated heterocycles. The van der Waals surface area contributed by atoms with Gasteiger partial charge in [-0.2, -0.15) is 5.10 Å². The van der Waals surface area contributed by atoms with Crippen molar-refractivity contribution in [3.63, 3.8) is 0 Å². The van der Waals surface area contributed by atoms with Crippen LogP contribution in [-0.4, -0.2) is 57.5 Å². The normalized spacial score (nSPS) is 16.6. The Bertz CT molecular complexity index is 1490. The number of carboxylic acid groups (broad SMARTS) is 1. The Labute approximate surface area is 224 Å². The number of fused-ring (bicyclic) bond motifs is 1. The molecule has 2 heterocycles. The number of halogens is 1. The molecule has 1 fully saturated rings. The van der Waals surface area contributed by atoms with Crippen LogP contribution in [0, 0.1) is 5.82 Å². The second-order valence-corrected chi connectivity index (χ2v) is 9.50. The van der Waals surface area contributed by atoms with E-state index in [0.29, 0.717) is 30.9 Å². The van der Waals surface area contributed by atoms with Gasteiger partial charge in [-0.3, -0.25) is 9.69 Å². The molecule has 1 aliphatic heterocycles. The molecule has 9 nitrogen and oxygen atoms in total. The SMILES string of the molecule is COc1cccc([C@@H](Oc2ccc3c(cnn3-c3ccc(F)cc3)c2)[C@H](C)NC(=O)C2CCCN2C(=O)O)c1. The zero-order valence-electron chi connectivity index (χ0n) is 21.6. The number of carbonyl (C=O) groups excluding carboxylic acids is 1. The van der Waals surface area contributed by atoms with Crippen LogP contribution in [0.2, 0.25) is 0 Å². The smallest absolute Gasteiger partial charge is 0.407 e. The summed E-state index contributed by atoms with van der Waals surface area (Å²) in [5.74, 6) is 0.529. The molecule has 5 rings (SSSR count). The van der Waals surface area contributed by atoms with Crippen LogP contribution < -0.4 is 14.8 Å². The number of rotatable bonds is 8. The van der Waals surface area contributed by atoms with Crippen molar-refractivity contribution in [2.24, 2.45) is 0 Å². The van der Waals surface area contributed by atoms with Gasteiger partial charge in [0.2, 0.25) is 5.91 Å². The van der Waals surface area contributed by atoms with E-state index in [2.05, 4.69) is 10.4 Å². The molecular formula is C29H29FN4O5. The van der Waals surface area contributed by atoms with E-state index in [1.165, 1.54) is 17.0 Å². The molecule has 1 aromatic heterocycles. The topological polar surface area (TPSA) is 106 Å². The maximum atomic E-state index is 13.4. The third kappa shape index (κ3) is 5.50. The lowest BCUT2D eigenvalue weighted by atomic mass is 10.0. The van der Waals surface area contributed by atoms with Gasteiger partial charge < -0.3 is 19.9 Å². The van der Waals surface area contributed by atoms with Crippen LogP contribution in [0.3, 0.4) is 0 Å². The summed E-state index contributed by atoms with van der Waals surface area (Å²) in [4.78, 5) is 25.8. The first-order chi connectivity index (χ1) is 18.8. The summed E-state index contributed by atoms with van der Waals surface area (Å²) in [6.45, 7) is 2.16. The first-order valence-corrected chi connectivity index (χ1v) is 12.7. The molecule has 10 heteroatoms. The monoisotopic (exact) mass is 532 g/mol. The molecule has 0 aliphatic carbocycles. The van der Waals surface area contributed by atoms with E-state index in [0.717, 1.165) is 22.2 Å². The molecule has 1 unspecified atom stereocenters. The molecule has 4 aromatic rings. The maximum Gasteiger partial charge on any atom is 0.407 e. The second kappa shape index (κ2) is 11.0. The van der Waals surface area contributed by atoms with Crippen molar-refractivity contribution in [1.29, 1.82) is 0 Å². The third-order valence-corrected chi connectivity index (χ3v) is 6.92. The summed E-state index contributed by atoms with van der Waals surface area (Å²) in [7, 11) is 1.58. The van der Waals surface area contributed by atoms with Crippen LogP contribution in [0.4, 0.5) is 9.18 Å². The van der Waals surface area contributed by atoms with Gasteiger partial charge in [-0.1, -0.05) is 12.1 Å². The van der Waals surface area contributed by atoms with Crippen molar-refractivity contribution >= 4 is 22.9 Å². The number of hydrogen-bond acceptors (Lipinski definition) is 5. The van der Waals surface area contributed by atoms with E-state index in [-0.39, 0.29) is 11.7 Å². The summed E-state index contributed by atoms with van der Waals surface area (Å²) in [5, 5.41) is 17.7. The molecule has 1 aliphatic rings. The zero-order chi connectivity index (χ0) is 27.5. The van der Waals surface area contributed by atoms with Gasteiger partial charge in [-0.25, -0.2) is 13.9 Å². The second-order valence-electron chi connectivity index (χ2n) is 9.50. The molecule has 0 saturated carbocycles. The summed E-state index contributed by atoms with van der Waals surface area (Å²) in [5.41, 5.74) is 2.34. The predicted octanol–water partition coefficient (Wildman–Crippen LogP) is 4.94. The lowest BCUT2D eigenvalue weighted by molar-refractivity contribution is -0.126. The molecular weight excluding hydrogens is 503 g/mol. The van der Waals surface area contributed by atoms with Gasteiger partial charge in [0.15, 0.2) is 0 Å². The lowest BCUT2D eigenvalue weighted by Gasteiger charge is -2.29. The Kier molecular flexibility index (Phi) is 7.36. The summed E-state index contributed by atoms with van der Waals surface area (Å²) in [6, 6.07) is 17.8. The first kappa shape index (κ1) is 26.0. The number of ether oxygens (including phenoxy) is 2. The highest BCUT2D eigenvalue weighted by Gasteiger charge is 2.36. The van der Waals surface area contributed by atoms with Gasteiger partial charge in [-0.05, 0) is 79.9 Å². The van der Waals surface area contributed by atoms with Crippen molar-refractivity contribution in [2.45, 2.75) is 38.0 Å². The highest BCUT2D eigenvalue weighted by Crippen LogP contribution is 2.31. The fraction of sp³-hybridized carbons (Fsp3) is 0.276. The van der Waals surface area contributed by atoms with Crippen molar-refractivity contribution < 1.29 is 28.6 Å². The van der Waals surface area contributed by atoms with Gasteiger partial charge in [0.25, 0.3) is 0 Å². The Balaban J connectivity index is 1.42. The fourth-order valence-corrected chi connectivity index (χ4v) is 4.96. The van der Waals surface area contributed by atoms with E-state index >= 15 is 0 Å². The Morgan fingerprint density at radius 3 is 2.64 bits per heavy atom. The molecule has 3 aromatic carbocycles. The van der Waals surface area contributed by atoms with Crippen molar-refractivity contribution in [2.75, 3.05) is 13.7 Å². The van der Waals surface area contributed by atoms with E-state index < -0.39 is 24.3 Å². The largest absolute Gasteiger partial charge is 0.497 e. The minimum absolute atomic E-state index is 0.320. The van der Waals surface area contributed by atoms with Crippen LogP contribution in [-0.2, 0) is 4.79 Å². The van der Waals surface area contributed by atoms with E-state index in [1.54, 1.807) is 30.1 Å². The van der Waals surface area contributed by atoms with Crippen molar-refractivity contribution in [1.82, 2.24) is 20.0 Å². The first-order valence-electron chi connectivity index (χ1n) is 12.7. The van der Waals surface area contributed by atoms with Gasteiger partial charge in [0.1, 0.15) is 29.5 Å². The molecule has 0 bridgehead atoms. The summed E-state index contributed by atoms with van der Waals surface area (Å²) < 4.78 is 27.0. The average molecular weight is 533 g/mol. The zero-order valence-corrected chi connectivity index (χ0v) is 21.6. The molecule has 0 spiro atoms. The van der Waals surface area contributed by atoms with Crippen LogP contribution in [0.1, 0.15) is 31.4 Å². The molecule has 0 radical (unpaired) electrons. The van der Waals surface area contributed by atoms with Gasteiger partial charge >= 0.3 is 6.09 Å². The molecule has 39 heavy (non-hydrogen) atoms. The summed E-state index contributed by atoms with van der Waals surface area (Å²) in [6.07, 6.45) is 1.12. The summed E-state index contributed by atoms with van der Waals surface area (Å²) >= 11 is 0. The average Bonchev–Trinajstić information content (AvgIpc) is 3.60. The number of carbonyl (C=O) groups is 2. The van der Waals surface area contributed by atoms with Crippen LogP contribution >= 0.6 is 0 Å². The minimum atomic E-state index is -1.10. The number of hydrogen-bond donors (Lipinski definition) is 2. The Morgan fingerprint density at radius 1 is 1.10 bits per heavy atom. The number of benzene rings is 3. The predicted molar refractivity (Wildman–Crippen MR) is 143 cm³/mol. The number of nitrogens with one attached hydrogen (secondary N) is 1. The van der Waals surface area contributed by atoms with E-state index in [9.17, 15) is 19.1 Å². The Hall–Kier alpha value is -4.60. The standard InChI is InChI=1S/C29H29FN4O5/c1-18(32-28(35)26-7-4-14-33(26)29(36)37)27(19-5-3-6-23(15-19)38-2)39-24-12-13-25-20(16-24)17-31-34(25)22-10-8-21(30)9-11-22/h3,5-6,8-13,15-18,26-27H,4,7,14H2,1-2H3,(H,32,35)(H,36,37)/t18-,26?,27-/m0/s1. The molecule has 2 N–H and O–H groups in total. The third-order valence-electron chi connectivity index (χ3n) is 6.92. The minimum Gasteiger partial charge on any atom is -0.497 e. The van der Waals surface area contributed by atoms with Gasteiger partial charge in [-0.15, -0.1) is 0 Å². The molecule has 202 valence electrons. The van der Waals surface area contributed by atoms with Gasteiger partial charge in [0.05, 0.1) is 30.6 Å². The number of amides is 2. The van der Waals surface area contributed by atoms with E-state index in [1.807, 2.05) is 49.4 Å². The van der Waals surface area contributed by atoms with Crippen LogP contribution in [0.15, 0.2) is 72.9 Å². The van der Waals surface area contributed by atoms with Crippen molar-refractivity contribution in [3.05, 3.63) is 84.3 Å². The van der Waals surface area contributed by atoms with Crippen molar-refractivity contribution in [3.8, 4) is 17.2 Å². The molecule has 2 amide bonds. The van der Waals surface area contributed by atoms with Gasteiger partial charge in [0, 0.05) is 11.9 Å². The number of aromatic nitrogens is 2. The number of nitrogens with zero attached hydrogens (tertiary/aromatic N) is 3. The highest BCUT2D eigenvalue weighted by molar-refractivity contribution is 5.86. The Morgan fingerprint density at radius 2 is 1.90 bits per heavy atom. The van der Waals surface area contributed by atoms with Crippen LogP contribution in [0.5, 0.6) is 11.5 Å². The number of likely N-dealkylation sites (tertiary alicyclic amines) is 1. The lowest BCUT2D eigenvalue weighted by Crippen LogP contribution is -2.49. The highest BCUT2D eigenvalue weighted by atomic mass is 19.1. The van der Waals surface area contributed by atoms with E-state index in [4.69, 9.17) is 9.47 Å². The van der Waals surface area contributed by atoms with Crippen LogP contribution in [0.25, 0.3) is 16.6 Å². The maximum absolute atomic E-state index is 13.4. The number of methoxy groups -OCH3 is 1.